The van der Waals surface area contributed by atoms with Gasteiger partial charge < -0.3 is 10.2 Å². The average molecular weight is 439 g/mol. The summed E-state index contributed by atoms with van der Waals surface area (Å²) in [6, 6.07) is 21.8. The number of nitrogens with zero attached hydrogens (tertiary/aromatic N) is 1. The second-order valence-electron chi connectivity index (χ2n) is 7.33. The van der Waals surface area contributed by atoms with Gasteiger partial charge in [-0.25, -0.2) is 4.39 Å². The predicted molar refractivity (Wildman–Crippen MR) is 120 cm³/mol. The first-order chi connectivity index (χ1) is 14.9. The van der Waals surface area contributed by atoms with Gasteiger partial charge in [-0.05, 0) is 47.9 Å². The van der Waals surface area contributed by atoms with E-state index in [2.05, 4.69) is 5.32 Å². The van der Waals surface area contributed by atoms with Crippen LogP contribution < -0.4 is 5.32 Å². The lowest BCUT2D eigenvalue weighted by atomic mass is 10.1. The lowest BCUT2D eigenvalue weighted by molar-refractivity contribution is -0.140. The quantitative estimate of drug-likeness (QED) is 0.551. The normalized spacial score (nSPS) is 11.6. The molecule has 1 atom stereocenters. The molecular formula is C25H24ClFN2O2. The summed E-state index contributed by atoms with van der Waals surface area (Å²) < 4.78 is 13.3. The van der Waals surface area contributed by atoms with Crippen LogP contribution in [-0.4, -0.2) is 22.8 Å². The summed E-state index contributed by atoms with van der Waals surface area (Å²) in [5.74, 6) is -0.805. The van der Waals surface area contributed by atoms with Crippen molar-refractivity contribution in [1.82, 2.24) is 10.2 Å². The van der Waals surface area contributed by atoms with E-state index in [1.54, 1.807) is 43.3 Å². The fraction of sp³-hybridized carbons (Fsp3) is 0.200. The molecule has 0 bridgehead atoms. The second kappa shape index (κ2) is 10.7. The number of halogens is 2. The Bertz CT molecular complexity index is 1010. The molecule has 6 heteroatoms. The zero-order valence-corrected chi connectivity index (χ0v) is 18.0. The van der Waals surface area contributed by atoms with E-state index in [0.29, 0.717) is 11.6 Å². The molecule has 2 amide bonds. The van der Waals surface area contributed by atoms with Gasteiger partial charge in [-0.3, -0.25) is 9.59 Å². The van der Waals surface area contributed by atoms with Gasteiger partial charge in [-0.2, -0.15) is 0 Å². The molecule has 0 aliphatic rings. The third-order valence-electron chi connectivity index (χ3n) is 5.01. The Morgan fingerprint density at radius 1 is 0.903 bits per heavy atom. The Balaban J connectivity index is 1.74. The van der Waals surface area contributed by atoms with Gasteiger partial charge in [0.25, 0.3) is 0 Å². The van der Waals surface area contributed by atoms with Crippen LogP contribution in [-0.2, 0) is 29.1 Å². The molecule has 3 rings (SSSR count). The van der Waals surface area contributed by atoms with E-state index in [-0.39, 0.29) is 30.6 Å². The molecule has 0 saturated carbocycles. The van der Waals surface area contributed by atoms with E-state index in [0.717, 1.165) is 16.7 Å². The van der Waals surface area contributed by atoms with Crippen molar-refractivity contribution in [1.29, 1.82) is 0 Å². The highest BCUT2D eigenvalue weighted by atomic mass is 35.5. The van der Waals surface area contributed by atoms with Crippen molar-refractivity contribution >= 4 is 23.4 Å². The lowest BCUT2D eigenvalue weighted by Crippen LogP contribution is -2.48. The van der Waals surface area contributed by atoms with Crippen molar-refractivity contribution in [3.8, 4) is 0 Å². The summed E-state index contributed by atoms with van der Waals surface area (Å²) in [4.78, 5) is 27.5. The number of hydrogen-bond acceptors (Lipinski definition) is 2. The average Bonchev–Trinajstić information content (AvgIpc) is 2.78. The van der Waals surface area contributed by atoms with E-state index < -0.39 is 6.04 Å². The molecule has 0 aliphatic heterocycles. The molecular weight excluding hydrogens is 415 g/mol. The first-order valence-corrected chi connectivity index (χ1v) is 10.4. The summed E-state index contributed by atoms with van der Waals surface area (Å²) in [5.41, 5.74) is 2.52. The van der Waals surface area contributed by atoms with Crippen LogP contribution in [0, 0.1) is 5.82 Å². The van der Waals surface area contributed by atoms with Crippen molar-refractivity contribution in [3.05, 3.63) is 106 Å². The van der Waals surface area contributed by atoms with Crippen LogP contribution >= 0.6 is 11.6 Å². The Labute approximate surface area is 186 Å². The monoisotopic (exact) mass is 438 g/mol. The summed E-state index contributed by atoms with van der Waals surface area (Å²) in [5, 5.41) is 3.48. The number of carbonyl (C=O) groups excluding carboxylic acids is 2. The summed E-state index contributed by atoms with van der Waals surface area (Å²) in [6.07, 6.45) is 0.134. The molecule has 0 aliphatic carbocycles. The van der Waals surface area contributed by atoms with Crippen LogP contribution in [0.15, 0.2) is 78.9 Å². The third-order valence-corrected chi connectivity index (χ3v) is 5.26. The molecule has 4 nitrogen and oxygen atoms in total. The molecule has 160 valence electrons. The van der Waals surface area contributed by atoms with Gasteiger partial charge in [0.15, 0.2) is 0 Å². The van der Waals surface area contributed by atoms with Crippen molar-refractivity contribution in [2.45, 2.75) is 32.5 Å². The Hall–Kier alpha value is -3.18. The maximum atomic E-state index is 13.3. The highest BCUT2D eigenvalue weighted by Gasteiger charge is 2.26. The van der Waals surface area contributed by atoms with Crippen LogP contribution in [0.1, 0.15) is 23.6 Å². The van der Waals surface area contributed by atoms with Crippen molar-refractivity contribution in [3.63, 3.8) is 0 Å². The minimum absolute atomic E-state index is 0.134. The number of rotatable bonds is 8. The second-order valence-corrected chi connectivity index (χ2v) is 7.77. The maximum absolute atomic E-state index is 13.3. The van der Waals surface area contributed by atoms with Crippen LogP contribution in [0.5, 0.6) is 0 Å². The molecule has 1 unspecified atom stereocenters. The maximum Gasteiger partial charge on any atom is 0.242 e. The van der Waals surface area contributed by atoms with Gasteiger partial charge in [0.1, 0.15) is 11.9 Å². The molecule has 0 saturated heterocycles. The van der Waals surface area contributed by atoms with Gasteiger partial charge in [-0.1, -0.05) is 66.2 Å². The van der Waals surface area contributed by atoms with E-state index >= 15 is 0 Å². The number of nitrogens with one attached hydrogen (secondary N) is 1. The SMILES string of the molecule is CC(C(=O)NCc1ccccc1)N(Cc1ccc(F)cc1)C(=O)Cc1ccc(Cl)cc1. The fourth-order valence-electron chi connectivity index (χ4n) is 3.18. The smallest absolute Gasteiger partial charge is 0.242 e. The van der Waals surface area contributed by atoms with Gasteiger partial charge in [0, 0.05) is 18.1 Å². The molecule has 0 radical (unpaired) electrons. The molecule has 0 heterocycles. The van der Waals surface area contributed by atoms with Gasteiger partial charge in [0.2, 0.25) is 11.8 Å². The molecule has 0 spiro atoms. The molecule has 3 aromatic carbocycles. The van der Waals surface area contributed by atoms with Crippen molar-refractivity contribution in [2.24, 2.45) is 0 Å². The van der Waals surface area contributed by atoms with Gasteiger partial charge in [-0.15, -0.1) is 0 Å². The van der Waals surface area contributed by atoms with Gasteiger partial charge in [0.05, 0.1) is 6.42 Å². The first-order valence-electron chi connectivity index (χ1n) is 10.0. The van der Waals surface area contributed by atoms with Gasteiger partial charge >= 0.3 is 0 Å². The van der Waals surface area contributed by atoms with E-state index in [9.17, 15) is 14.0 Å². The first kappa shape index (κ1) is 22.5. The predicted octanol–water partition coefficient (Wildman–Crippen LogP) is 4.76. The number of benzene rings is 3. The summed E-state index contributed by atoms with van der Waals surface area (Å²) in [6.45, 7) is 2.27. The van der Waals surface area contributed by atoms with Crippen molar-refractivity contribution < 1.29 is 14.0 Å². The molecule has 31 heavy (non-hydrogen) atoms. The minimum atomic E-state index is -0.700. The summed E-state index contributed by atoms with van der Waals surface area (Å²) >= 11 is 5.93. The molecule has 0 fully saturated rings. The number of carbonyl (C=O) groups is 2. The Morgan fingerprint density at radius 2 is 1.52 bits per heavy atom. The highest BCUT2D eigenvalue weighted by molar-refractivity contribution is 6.30. The highest BCUT2D eigenvalue weighted by Crippen LogP contribution is 2.15. The zero-order chi connectivity index (χ0) is 22.2. The number of hydrogen-bond donors (Lipinski definition) is 1. The largest absolute Gasteiger partial charge is 0.350 e. The molecule has 0 aromatic heterocycles. The van der Waals surface area contributed by atoms with Crippen LogP contribution in [0.4, 0.5) is 4.39 Å². The Morgan fingerprint density at radius 3 is 2.16 bits per heavy atom. The molecule has 3 aromatic rings. The lowest BCUT2D eigenvalue weighted by Gasteiger charge is -2.29. The third kappa shape index (κ3) is 6.66. The van der Waals surface area contributed by atoms with Crippen LogP contribution in [0.3, 0.4) is 0 Å². The van der Waals surface area contributed by atoms with Crippen LogP contribution in [0.2, 0.25) is 5.02 Å². The molecule has 1 N–H and O–H groups in total. The number of amides is 2. The Kier molecular flexibility index (Phi) is 7.79. The zero-order valence-electron chi connectivity index (χ0n) is 17.2. The van der Waals surface area contributed by atoms with Crippen molar-refractivity contribution in [2.75, 3.05) is 0 Å². The van der Waals surface area contributed by atoms with E-state index in [4.69, 9.17) is 11.6 Å². The fourth-order valence-corrected chi connectivity index (χ4v) is 3.31. The standard InChI is InChI=1S/C25H24ClFN2O2/c1-18(25(31)28-16-20-5-3-2-4-6-20)29(17-21-9-13-23(27)14-10-21)24(30)15-19-7-11-22(26)12-8-19/h2-14,18H,15-17H2,1H3,(H,28,31). The minimum Gasteiger partial charge on any atom is -0.350 e. The van der Waals surface area contributed by atoms with E-state index in [1.807, 2.05) is 30.3 Å². The topological polar surface area (TPSA) is 49.4 Å². The van der Waals surface area contributed by atoms with Crippen LogP contribution in [0.25, 0.3) is 0 Å². The van der Waals surface area contributed by atoms with E-state index in [1.165, 1.54) is 17.0 Å². The summed E-state index contributed by atoms with van der Waals surface area (Å²) in [7, 11) is 0.